The molecule has 1 atom stereocenters. The molecular formula is C19H28N2O2S. The molecule has 1 N–H and O–H groups in total. The number of carbonyl (C=O) groups excluding carboxylic acids is 2. The van der Waals surface area contributed by atoms with Crippen molar-refractivity contribution in [3.05, 3.63) is 35.9 Å². The van der Waals surface area contributed by atoms with Crippen LogP contribution in [0.3, 0.4) is 0 Å². The van der Waals surface area contributed by atoms with Crippen LogP contribution in [0.15, 0.2) is 30.3 Å². The van der Waals surface area contributed by atoms with Gasteiger partial charge in [-0.1, -0.05) is 44.2 Å². The minimum Gasteiger partial charge on any atom is -0.353 e. The van der Waals surface area contributed by atoms with E-state index >= 15 is 0 Å². The molecular weight excluding hydrogens is 320 g/mol. The van der Waals surface area contributed by atoms with Crippen LogP contribution in [0.4, 0.5) is 0 Å². The number of nitrogens with one attached hydrogen (secondary N) is 1. The Morgan fingerprint density at radius 1 is 1.21 bits per heavy atom. The Labute approximate surface area is 149 Å². The molecule has 1 aromatic rings. The molecule has 1 unspecified atom stereocenters. The second-order valence-corrected chi connectivity index (χ2v) is 7.89. The predicted octanol–water partition coefficient (Wildman–Crippen LogP) is 3.07. The Hall–Kier alpha value is -1.49. The summed E-state index contributed by atoms with van der Waals surface area (Å²) < 4.78 is 0. The van der Waals surface area contributed by atoms with E-state index in [4.69, 9.17) is 0 Å². The zero-order chi connectivity index (χ0) is 17.5. The molecule has 4 nitrogen and oxygen atoms in total. The molecule has 1 aliphatic rings. The van der Waals surface area contributed by atoms with Gasteiger partial charge in [-0.3, -0.25) is 9.59 Å². The highest BCUT2D eigenvalue weighted by molar-refractivity contribution is 7.99. The molecule has 24 heavy (non-hydrogen) atoms. The topological polar surface area (TPSA) is 49.4 Å². The van der Waals surface area contributed by atoms with Gasteiger partial charge >= 0.3 is 0 Å². The first-order valence-electron chi connectivity index (χ1n) is 8.68. The highest BCUT2D eigenvalue weighted by Gasteiger charge is 2.30. The number of carbonyl (C=O) groups is 2. The van der Waals surface area contributed by atoms with E-state index in [1.165, 1.54) is 5.56 Å². The van der Waals surface area contributed by atoms with Crippen molar-refractivity contribution < 1.29 is 9.59 Å². The van der Waals surface area contributed by atoms with Crippen molar-refractivity contribution in [1.82, 2.24) is 10.2 Å². The first kappa shape index (κ1) is 18.8. The summed E-state index contributed by atoms with van der Waals surface area (Å²) in [4.78, 5) is 26.0. The lowest BCUT2D eigenvalue weighted by Crippen LogP contribution is -2.49. The Balaban J connectivity index is 1.88. The largest absolute Gasteiger partial charge is 0.353 e. The summed E-state index contributed by atoms with van der Waals surface area (Å²) in [6.07, 6.45) is 1.69. The summed E-state index contributed by atoms with van der Waals surface area (Å²) in [5, 5.41) is 2.95. The van der Waals surface area contributed by atoms with Gasteiger partial charge in [-0.2, -0.15) is 0 Å². The van der Waals surface area contributed by atoms with Gasteiger partial charge in [-0.15, -0.1) is 11.8 Å². The van der Waals surface area contributed by atoms with Crippen molar-refractivity contribution in [2.75, 3.05) is 13.1 Å². The third kappa shape index (κ3) is 5.55. The molecule has 1 saturated heterocycles. The van der Waals surface area contributed by atoms with Crippen LogP contribution < -0.4 is 5.32 Å². The van der Waals surface area contributed by atoms with E-state index in [2.05, 4.69) is 31.3 Å². The fourth-order valence-corrected chi connectivity index (χ4v) is 4.26. The normalized spacial score (nSPS) is 16.9. The van der Waals surface area contributed by atoms with Crippen molar-refractivity contribution in [1.29, 1.82) is 0 Å². The zero-order valence-electron chi connectivity index (χ0n) is 14.8. The average Bonchev–Trinajstić information content (AvgIpc) is 2.55. The van der Waals surface area contributed by atoms with Crippen LogP contribution in [0, 0.1) is 5.92 Å². The number of thioether (sulfide) groups is 1. The summed E-state index contributed by atoms with van der Waals surface area (Å²) in [5.74, 6) is 1.42. The van der Waals surface area contributed by atoms with Gasteiger partial charge in [0.2, 0.25) is 11.8 Å². The third-order valence-electron chi connectivity index (χ3n) is 4.34. The molecule has 0 bridgehead atoms. The van der Waals surface area contributed by atoms with E-state index in [-0.39, 0.29) is 23.1 Å². The SMILES string of the molecule is CC(=O)NC1CCN(C(=O)C(SCc2ccccc2)C(C)C)CC1. The van der Waals surface area contributed by atoms with Crippen LogP contribution in [0.5, 0.6) is 0 Å². The zero-order valence-corrected chi connectivity index (χ0v) is 15.6. The number of hydrogen-bond acceptors (Lipinski definition) is 3. The molecule has 5 heteroatoms. The van der Waals surface area contributed by atoms with Gasteiger partial charge in [0.25, 0.3) is 0 Å². The Bertz CT molecular complexity index is 540. The Morgan fingerprint density at radius 3 is 2.38 bits per heavy atom. The van der Waals surface area contributed by atoms with Crippen LogP contribution >= 0.6 is 11.8 Å². The summed E-state index contributed by atoms with van der Waals surface area (Å²) in [6, 6.07) is 10.5. The average molecular weight is 349 g/mol. The number of nitrogens with zero attached hydrogens (tertiary/aromatic N) is 1. The quantitative estimate of drug-likeness (QED) is 0.859. The standard InChI is InChI=1S/C19H28N2O2S/c1-14(2)18(24-13-16-7-5-4-6-8-16)19(23)21-11-9-17(10-12-21)20-15(3)22/h4-8,14,17-18H,9-13H2,1-3H3,(H,20,22). The number of amides is 2. The lowest BCUT2D eigenvalue weighted by Gasteiger charge is -2.35. The minimum absolute atomic E-state index is 0.0116. The number of rotatable bonds is 6. The van der Waals surface area contributed by atoms with Gasteiger partial charge in [0.1, 0.15) is 0 Å². The summed E-state index contributed by atoms with van der Waals surface area (Å²) in [6.45, 7) is 7.25. The maximum atomic E-state index is 12.9. The molecule has 1 fully saturated rings. The molecule has 0 spiro atoms. The second-order valence-electron chi connectivity index (χ2n) is 6.76. The van der Waals surface area contributed by atoms with Gasteiger partial charge in [-0.25, -0.2) is 0 Å². The van der Waals surface area contributed by atoms with Crippen LogP contribution in [-0.4, -0.2) is 41.1 Å². The highest BCUT2D eigenvalue weighted by Crippen LogP contribution is 2.27. The van der Waals surface area contributed by atoms with Crippen LogP contribution in [0.2, 0.25) is 0 Å². The van der Waals surface area contributed by atoms with E-state index in [0.717, 1.165) is 31.7 Å². The first-order chi connectivity index (χ1) is 11.5. The van der Waals surface area contributed by atoms with E-state index in [1.54, 1.807) is 18.7 Å². The summed E-state index contributed by atoms with van der Waals surface area (Å²) in [7, 11) is 0. The predicted molar refractivity (Wildman–Crippen MR) is 99.8 cm³/mol. The van der Waals surface area contributed by atoms with Crippen LogP contribution in [0.25, 0.3) is 0 Å². The number of benzene rings is 1. The fourth-order valence-electron chi connectivity index (χ4n) is 3.02. The number of hydrogen-bond donors (Lipinski definition) is 1. The van der Waals surface area contributed by atoms with Crippen molar-refractivity contribution in [3.63, 3.8) is 0 Å². The Morgan fingerprint density at radius 2 is 1.83 bits per heavy atom. The molecule has 132 valence electrons. The third-order valence-corrected chi connectivity index (χ3v) is 5.94. The van der Waals surface area contributed by atoms with Gasteiger partial charge < -0.3 is 10.2 Å². The number of likely N-dealkylation sites (tertiary alicyclic amines) is 1. The van der Waals surface area contributed by atoms with Crippen LogP contribution in [0.1, 0.15) is 39.2 Å². The minimum atomic E-state index is -0.0116. The fraction of sp³-hybridized carbons (Fsp3) is 0.579. The molecule has 0 aliphatic carbocycles. The van der Waals surface area contributed by atoms with Gasteiger partial charge in [-0.05, 0) is 24.3 Å². The van der Waals surface area contributed by atoms with E-state index in [1.807, 2.05) is 23.1 Å². The molecule has 2 amide bonds. The van der Waals surface area contributed by atoms with Crippen molar-refractivity contribution in [2.24, 2.45) is 5.92 Å². The molecule has 0 aromatic heterocycles. The van der Waals surface area contributed by atoms with Gasteiger partial charge in [0.15, 0.2) is 0 Å². The Kier molecular flexibility index (Phi) is 7.16. The van der Waals surface area contributed by atoms with Gasteiger partial charge in [0, 0.05) is 31.8 Å². The maximum absolute atomic E-state index is 12.9. The van der Waals surface area contributed by atoms with Gasteiger partial charge in [0.05, 0.1) is 5.25 Å². The highest BCUT2D eigenvalue weighted by atomic mass is 32.2. The molecule has 2 rings (SSSR count). The first-order valence-corrected chi connectivity index (χ1v) is 9.73. The number of piperidine rings is 1. The molecule has 1 aromatic carbocycles. The molecule has 1 heterocycles. The van der Waals surface area contributed by atoms with Crippen LogP contribution in [-0.2, 0) is 15.3 Å². The monoisotopic (exact) mass is 348 g/mol. The second kappa shape index (κ2) is 9.11. The summed E-state index contributed by atoms with van der Waals surface area (Å²) >= 11 is 1.73. The van der Waals surface area contributed by atoms with E-state index < -0.39 is 0 Å². The lowest BCUT2D eigenvalue weighted by molar-refractivity contribution is -0.132. The van der Waals surface area contributed by atoms with Crippen molar-refractivity contribution in [2.45, 2.75) is 50.7 Å². The molecule has 1 aliphatic heterocycles. The molecule has 0 saturated carbocycles. The van der Waals surface area contributed by atoms with E-state index in [9.17, 15) is 9.59 Å². The smallest absolute Gasteiger partial charge is 0.235 e. The van der Waals surface area contributed by atoms with Crippen molar-refractivity contribution in [3.8, 4) is 0 Å². The molecule has 0 radical (unpaired) electrons. The van der Waals surface area contributed by atoms with E-state index in [0.29, 0.717) is 5.92 Å². The lowest BCUT2D eigenvalue weighted by atomic mass is 10.0. The maximum Gasteiger partial charge on any atom is 0.235 e. The summed E-state index contributed by atoms with van der Waals surface area (Å²) in [5.41, 5.74) is 1.25. The van der Waals surface area contributed by atoms with Crippen molar-refractivity contribution >= 4 is 23.6 Å².